The lowest BCUT2D eigenvalue weighted by molar-refractivity contribution is 0.0694. The normalized spacial score (nSPS) is 14.1. The number of hydrogen-bond donors (Lipinski definition) is 3. The highest BCUT2D eigenvalue weighted by molar-refractivity contribution is 7.98. The average molecular weight is 435 g/mol. The van der Waals surface area contributed by atoms with E-state index in [-0.39, 0.29) is 10.6 Å². The smallest absolute Gasteiger partial charge is 0.341 e. The number of urea groups is 1. The number of anilines is 1. The zero-order valence-electron chi connectivity index (χ0n) is 16.4. The fraction of sp³-hybridized carbons (Fsp3) is 0.450. The molecule has 0 unspecified atom stereocenters. The molecule has 0 aliphatic carbocycles. The second kappa shape index (κ2) is 10.6. The molecule has 1 aromatic heterocycles. The van der Waals surface area contributed by atoms with Crippen molar-refractivity contribution in [2.75, 3.05) is 31.5 Å². The molecule has 0 radical (unpaired) electrons. The van der Waals surface area contributed by atoms with E-state index >= 15 is 0 Å². The molecule has 1 aromatic carbocycles. The van der Waals surface area contributed by atoms with Gasteiger partial charge in [0.05, 0.1) is 0 Å². The molecule has 0 saturated carbocycles. The summed E-state index contributed by atoms with van der Waals surface area (Å²) in [6.45, 7) is 5.82. The van der Waals surface area contributed by atoms with Crippen molar-refractivity contribution in [1.82, 2.24) is 14.6 Å². The summed E-state index contributed by atoms with van der Waals surface area (Å²) < 4.78 is 4.25. The van der Waals surface area contributed by atoms with Crippen LogP contribution in [0.2, 0.25) is 0 Å². The number of nitrogens with zero attached hydrogens (tertiary/aromatic N) is 2. The molecule has 2 aromatic rings. The first-order valence-electron chi connectivity index (χ1n) is 9.71. The standard InChI is InChI=1S/C20H26N4O3S2/c1-14-6-4-7-15(12-14)13-28-18-16(19(25)26)17(29-23-18)22-20(27)21-8-5-11-24-9-2-3-10-24/h4,6-7,12H,2-3,5,8-11,13H2,1H3,(H,25,26)(H2,21,22,27). The third-order valence-electron chi connectivity index (χ3n) is 4.70. The first-order valence-corrected chi connectivity index (χ1v) is 11.5. The third-order valence-corrected chi connectivity index (χ3v) is 6.62. The van der Waals surface area contributed by atoms with Crippen LogP contribution >= 0.6 is 23.3 Å². The van der Waals surface area contributed by atoms with E-state index in [1.54, 1.807) is 0 Å². The predicted molar refractivity (Wildman–Crippen MR) is 117 cm³/mol. The SMILES string of the molecule is Cc1cccc(CSc2nsc(NC(=O)NCCCN3CCCC3)c2C(=O)O)c1. The predicted octanol–water partition coefficient (Wildman–Crippen LogP) is 4.05. The maximum atomic E-state index is 12.2. The Balaban J connectivity index is 1.52. The van der Waals surface area contributed by atoms with Crippen molar-refractivity contribution in [1.29, 1.82) is 0 Å². The summed E-state index contributed by atoms with van der Waals surface area (Å²) in [5.41, 5.74) is 2.31. The van der Waals surface area contributed by atoms with Crippen molar-refractivity contribution in [3.8, 4) is 0 Å². The number of benzene rings is 1. The van der Waals surface area contributed by atoms with Gasteiger partial charge in [-0.2, -0.15) is 4.37 Å². The maximum absolute atomic E-state index is 12.2. The highest BCUT2D eigenvalue weighted by atomic mass is 32.2. The number of carbonyl (C=O) groups excluding carboxylic acids is 1. The molecule has 7 nitrogen and oxygen atoms in total. The number of carbonyl (C=O) groups is 2. The lowest BCUT2D eigenvalue weighted by Gasteiger charge is -2.14. The van der Waals surface area contributed by atoms with Gasteiger partial charge >= 0.3 is 12.0 Å². The van der Waals surface area contributed by atoms with Gasteiger partial charge in [0.1, 0.15) is 15.6 Å². The summed E-state index contributed by atoms with van der Waals surface area (Å²) in [7, 11) is 0. The van der Waals surface area contributed by atoms with Gasteiger partial charge in [0.15, 0.2) is 0 Å². The summed E-state index contributed by atoms with van der Waals surface area (Å²) in [6.07, 6.45) is 3.38. The Morgan fingerprint density at radius 1 is 1.31 bits per heavy atom. The van der Waals surface area contributed by atoms with Gasteiger partial charge in [0.2, 0.25) is 0 Å². The molecule has 2 heterocycles. The number of rotatable bonds is 9. The Morgan fingerprint density at radius 2 is 2.10 bits per heavy atom. The number of aromatic carboxylic acids is 1. The van der Waals surface area contributed by atoms with E-state index in [4.69, 9.17) is 0 Å². The van der Waals surface area contributed by atoms with Gasteiger partial charge in [-0.15, -0.1) is 0 Å². The summed E-state index contributed by atoms with van der Waals surface area (Å²) in [5.74, 6) is -0.469. The van der Waals surface area contributed by atoms with Crippen LogP contribution < -0.4 is 10.6 Å². The molecular weight excluding hydrogens is 408 g/mol. The van der Waals surface area contributed by atoms with Crippen LogP contribution in [-0.4, -0.2) is 52.6 Å². The molecule has 2 amide bonds. The molecule has 0 atom stereocenters. The van der Waals surface area contributed by atoms with Gasteiger partial charge in [-0.1, -0.05) is 41.6 Å². The summed E-state index contributed by atoms with van der Waals surface area (Å²) in [5, 5.41) is 15.7. The number of aryl methyl sites for hydroxylation is 1. The van der Waals surface area contributed by atoms with Gasteiger partial charge in [0.25, 0.3) is 0 Å². The van der Waals surface area contributed by atoms with Crippen LogP contribution in [0.3, 0.4) is 0 Å². The Labute approximate surface area is 179 Å². The van der Waals surface area contributed by atoms with E-state index in [9.17, 15) is 14.7 Å². The van der Waals surface area contributed by atoms with Crippen molar-refractivity contribution in [2.45, 2.75) is 37.0 Å². The number of likely N-dealkylation sites (tertiary alicyclic amines) is 1. The molecule has 1 fully saturated rings. The number of carboxylic acids is 1. The fourth-order valence-corrected chi connectivity index (χ4v) is 5.14. The zero-order chi connectivity index (χ0) is 20.6. The monoisotopic (exact) mass is 434 g/mol. The van der Waals surface area contributed by atoms with E-state index in [1.807, 2.05) is 25.1 Å². The van der Waals surface area contributed by atoms with Crippen molar-refractivity contribution >= 4 is 40.3 Å². The number of carboxylic acid groups (broad SMARTS) is 1. The van der Waals surface area contributed by atoms with Gasteiger partial charge < -0.3 is 15.3 Å². The Morgan fingerprint density at radius 3 is 2.83 bits per heavy atom. The molecule has 1 aliphatic rings. The number of aromatic nitrogens is 1. The number of thioether (sulfide) groups is 1. The maximum Gasteiger partial charge on any atom is 0.341 e. The van der Waals surface area contributed by atoms with Crippen molar-refractivity contribution in [2.24, 2.45) is 0 Å². The number of amides is 2. The quantitative estimate of drug-likeness (QED) is 0.407. The van der Waals surface area contributed by atoms with E-state index < -0.39 is 12.0 Å². The highest BCUT2D eigenvalue weighted by Gasteiger charge is 2.22. The average Bonchev–Trinajstić information content (AvgIpc) is 3.33. The summed E-state index contributed by atoms with van der Waals surface area (Å²) >= 11 is 2.36. The Hall–Kier alpha value is -2.10. The molecule has 0 bridgehead atoms. The van der Waals surface area contributed by atoms with Crippen LogP contribution in [0.5, 0.6) is 0 Å². The Kier molecular flexibility index (Phi) is 7.91. The van der Waals surface area contributed by atoms with Gasteiger partial charge in [0, 0.05) is 12.3 Å². The molecule has 0 spiro atoms. The van der Waals surface area contributed by atoms with Crippen LogP contribution in [0.25, 0.3) is 0 Å². The summed E-state index contributed by atoms with van der Waals surface area (Å²) in [6, 6.07) is 7.67. The van der Waals surface area contributed by atoms with E-state index in [0.717, 1.165) is 48.7 Å². The molecule has 156 valence electrons. The van der Waals surface area contributed by atoms with Gasteiger partial charge in [-0.05, 0) is 62.9 Å². The zero-order valence-corrected chi connectivity index (χ0v) is 18.1. The second-order valence-corrected chi connectivity index (χ2v) is 8.80. The topological polar surface area (TPSA) is 94.6 Å². The molecule has 3 N–H and O–H groups in total. The lowest BCUT2D eigenvalue weighted by Crippen LogP contribution is -2.32. The minimum absolute atomic E-state index is 0.0554. The molecular formula is C20H26N4O3S2. The van der Waals surface area contributed by atoms with E-state index in [0.29, 0.717) is 17.3 Å². The van der Waals surface area contributed by atoms with Crippen LogP contribution in [0.15, 0.2) is 29.3 Å². The Bertz CT molecular complexity index is 850. The van der Waals surface area contributed by atoms with Crippen molar-refractivity contribution in [3.63, 3.8) is 0 Å². The molecule has 1 aliphatic heterocycles. The minimum atomic E-state index is -1.09. The van der Waals surface area contributed by atoms with Crippen LogP contribution in [0.4, 0.5) is 9.80 Å². The van der Waals surface area contributed by atoms with E-state index in [2.05, 4.69) is 26.0 Å². The molecule has 1 saturated heterocycles. The fourth-order valence-electron chi connectivity index (χ4n) is 3.26. The van der Waals surface area contributed by atoms with Crippen molar-refractivity contribution in [3.05, 3.63) is 41.0 Å². The first kappa shape index (κ1) is 21.6. The van der Waals surface area contributed by atoms with Crippen LogP contribution in [0, 0.1) is 6.92 Å². The molecule has 29 heavy (non-hydrogen) atoms. The number of nitrogens with one attached hydrogen (secondary N) is 2. The summed E-state index contributed by atoms with van der Waals surface area (Å²) in [4.78, 5) is 26.3. The first-order chi connectivity index (χ1) is 14.0. The van der Waals surface area contributed by atoms with Gasteiger partial charge in [-0.3, -0.25) is 5.32 Å². The second-order valence-electron chi connectivity index (χ2n) is 7.06. The molecule has 3 rings (SSSR count). The van der Waals surface area contributed by atoms with E-state index in [1.165, 1.54) is 24.6 Å². The van der Waals surface area contributed by atoms with Gasteiger partial charge in [-0.25, -0.2) is 9.59 Å². The minimum Gasteiger partial charge on any atom is -0.477 e. The highest BCUT2D eigenvalue weighted by Crippen LogP contribution is 2.33. The van der Waals surface area contributed by atoms with Crippen molar-refractivity contribution < 1.29 is 14.7 Å². The van der Waals surface area contributed by atoms with Crippen LogP contribution in [-0.2, 0) is 5.75 Å². The van der Waals surface area contributed by atoms with Crippen LogP contribution in [0.1, 0.15) is 40.7 Å². The largest absolute Gasteiger partial charge is 0.477 e. The molecule has 9 heteroatoms. The lowest BCUT2D eigenvalue weighted by atomic mass is 10.2. The number of hydrogen-bond acceptors (Lipinski definition) is 6. The third kappa shape index (κ3) is 6.45.